The summed E-state index contributed by atoms with van der Waals surface area (Å²) in [6.07, 6.45) is -0.0534. The van der Waals surface area contributed by atoms with E-state index in [1.807, 2.05) is 0 Å². The monoisotopic (exact) mass is 188 g/mol. The normalized spacial score (nSPS) is 14.7. The van der Waals surface area contributed by atoms with Gasteiger partial charge in [-0.2, -0.15) is 0 Å². The maximum Gasteiger partial charge on any atom is 0.305 e. The predicted octanol–water partition coefficient (Wildman–Crippen LogP) is -0.426. The molecule has 0 bridgehead atoms. The highest BCUT2D eigenvalue weighted by Crippen LogP contribution is 1.91. The van der Waals surface area contributed by atoms with Gasteiger partial charge >= 0.3 is 5.97 Å². The molecular formula is C8H16N2O3. The molecule has 0 rings (SSSR count). The van der Waals surface area contributed by atoms with E-state index < -0.39 is 5.97 Å². The van der Waals surface area contributed by atoms with E-state index in [0.29, 0.717) is 0 Å². The van der Waals surface area contributed by atoms with Crippen LogP contribution in [-0.4, -0.2) is 36.1 Å². The summed E-state index contributed by atoms with van der Waals surface area (Å²) in [7, 11) is 1.67. The summed E-state index contributed by atoms with van der Waals surface area (Å²) in [6, 6.07) is -0.628. The second-order valence-electron chi connectivity index (χ2n) is 3.02. The van der Waals surface area contributed by atoms with E-state index in [4.69, 9.17) is 5.11 Å². The Balaban J connectivity index is 3.84. The number of likely N-dealkylation sites (N-methyl/N-ethyl adjacent to an activating group) is 1. The summed E-state index contributed by atoms with van der Waals surface area (Å²) >= 11 is 0. The van der Waals surface area contributed by atoms with Gasteiger partial charge in [0.05, 0.1) is 12.5 Å². The number of nitrogens with one attached hydrogen (secondary N) is 2. The quantitative estimate of drug-likeness (QED) is 0.547. The highest BCUT2D eigenvalue weighted by Gasteiger charge is 2.14. The lowest BCUT2D eigenvalue weighted by atomic mass is 10.2. The van der Waals surface area contributed by atoms with E-state index in [1.165, 1.54) is 0 Å². The van der Waals surface area contributed by atoms with Gasteiger partial charge in [0.15, 0.2) is 0 Å². The molecule has 5 nitrogen and oxygen atoms in total. The summed E-state index contributed by atoms with van der Waals surface area (Å²) in [4.78, 5) is 21.5. The van der Waals surface area contributed by atoms with Crippen LogP contribution >= 0.6 is 0 Å². The molecule has 2 atom stereocenters. The zero-order valence-corrected chi connectivity index (χ0v) is 8.13. The number of aliphatic carboxylic acids is 1. The minimum Gasteiger partial charge on any atom is -0.481 e. The first-order valence-corrected chi connectivity index (χ1v) is 4.16. The van der Waals surface area contributed by atoms with Crippen LogP contribution in [0.2, 0.25) is 0 Å². The van der Waals surface area contributed by atoms with Gasteiger partial charge in [0.2, 0.25) is 5.91 Å². The van der Waals surface area contributed by atoms with Crippen LogP contribution in [-0.2, 0) is 9.59 Å². The van der Waals surface area contributed by atoms with Crippen LogP contribution in [0.25, 0.3) is 0 Å². The molecule has 0 radical (unpaired) electrons. The molecule has 0 aromatic carbocycles. The molecule has 0 aromatic heterocycles. The van der Waals surface area contributed by atoms with Crippen LogP contribution in [0.3, 0.4) is 0 Å². The van der Waals surface area contributed by atoms with Gasteiger partial charge in [0.25, 0.3) is 0 Å². The SMILES string of the molecule is CNC(C)C(=O)NC(C)CC(=O)O. The van der Waals surface area contributed by atoms with Crippen molar-refractivity contribution in [1.29, 1.82) is 0 Å². The second-order valence-corrected chi connectivity index (χ2v) is 3.02. The van der Waals surface area contributed by atoms with Crippen LogP contribution in [0.5, 0.6) is 0 Å². The fraction of sp³-hybridized carbons (Fsp3) is 0.750. The number of carbonyl (C=O) groups excluding carboxylic acids is 1. The smallest absolute Gasteiger partial charge is 0.305 e. The number of hydrogen-bond donors (Lipinski definition) is 3. The van der Waals surface area contributed by atoms with Gasteiger partial charge in [-0.3, -0.25) is 9.59 Å². The van der Waals surface area contributed by atoms with Gasteiger partial charge in [-0.25, -0.2) is 0 Å². The molecule has 2 unspecified atom stereocenters. The Morgan fingerprint density at radius 1 is 1.38 bits per heavy atom. The van der Waals surface area contributed by atoms with Crippen molar-refractivity contribution < 1.29 is 14.7 Å². The first-order chi connectivity index (χ1) is 5.97. The third-order valence-corrected chi connectivity index (χ3v) is 1.70. The molecular weight excluding hydrogens is 172 g/mol. The average Bonchev–Trinajstić information content (AvgIpc) is 2.01. The number of carbonyl (C=O) groups is 2. The summed E-state index contributed by atoms with van der Waals surface area (Å²) in [5, 5.41) is 13.8. The molecule has 0 aliphatic carbocycles. The Labute approximate surface area is 77.5 Å². The predicted molar refractivity (Wildman–Crippen MR) is 48.4 cm³/mol. The molecule has 1 amide bonds. The molecule has 0 fully saturated rings. The highest BCUT2D eigenvalue weighted by atomic mass is 16.4. The van der Waals surface area contributed by atoms with E-state index >= 15 is 0 Å². The second kappa shape index (κ2) is 5.53. The van der Waals surface area contributed by atoms with Crippen molar-refractivity contribution in [2.75, 3.05) is 7.05 Å². The van der Waals surface area contributed by atoms with Crippen molar-refractivity contribution in [1.82, 2.24) is 10.6 Å². The van der Waals surface area contributed by atoms with Crippen LogP contribution in [0.4, 0.5) is 0 Å². The molecule has 0 aromatic rings. The first kappa shape index (κ1) is 11.9. The van der Waals surface area contributed by atoms with Gasteiger partial charge in [-0.1, -0.05) is 0 Å². The van der Waals surface area contributed by atoms with Crippen LogP contribution in [0.15, 0.2) is 0 Å². The summed E-state index contributed by atoms with van der Waals surface area (Å²) < 4.78 is 0. The Hall–Kier alpha value is -1.10. The molecule has 0 aliphatic rings. The number of rotatable bonds is 5. The van der Waals surface area contributed by atoms with Crippen LogP contribution < -0.4 is 10.6 Å². The Morgan fingerprint density at radius 2 is 1.92 bits per heavy atom. The molecule has 0 saturated carbocycles. The van der Waals surface area contributed by atoms with Gasteiger partial charge in [-0.05, 0) is 20.9 Å². The third kappa shape index (κ3) is 5.19. The summed E-state index contributed by atoms with van der Waals surface area (Å²) in [6.45, 7) is 3.37. The third-order valence-electron chi connectivity index (χ3n) is 1.70. The fourth-order valence-electron chi connectivity index (χ4n) is 0.812. The molecule has 3 N–H and O–H groups in total. The van der Waals surface area contributed by atoms with Crippen LogP contribution in [0.1, 0.15) is 20.3 Å². The van der Waals surface area contributed by atoms with Crippen molar-refractivity contribution in [3.8, 4) is 0 Å². The molecule has 0 saturated heterocycles. The van der Waals surface area contributed by atoms with Gasteiger partial charge in [0.1, 0.15) is 0 Å². The maximum atomic E-state index is 11.2. The van der Waals surface area contributed by atoms with E-state index in [-0.39, 0.29) is 24.4 Å². The molecule has 13 heavy (non-hydrogen) atoms. The van der Waals surface area contributed by atoms with E-state index in [2.05, 4.69) is 10.6 Å². The Bertz CT molecular complexity index is 194. The number of carboxylic acid groups (broad SMARTS) is 1. The van der Waals surface area contributed by atoms with Crippen molar-refractivity contribution in [2.45, 2.75) is 32.4 Å². The van der Waals surface area contributed by atoms with E-state index in [9.17, 15) is 9.59 Å². The minimum atomic E-state index is -0.912. The lowest BCUT2D eigenvalue weighted by molar-refractivity contribution is -0.137. The molecule has 0 heterocycles. The van der Waals surface area contributed by atoms with Crippen molar-refractivity contribution >= 4 is 11.9 Å². The molecule has 0 aliphatic heterocycles. The maximum absolute atomic E-state index is 11.2. The van der Waals surface area contributed by atoms with Gasteiger partial charge in [0, 0.05) is 6.04 Å². The zero-order chi connectivity index (χ0) is 10.4. The Morgan fingerprint density at radius 3 is 2.31 bits per heavy atom. The fourth-order valence-corrected chi connectivity index (χ4v) is 0.812. The number of carboxylic acids is 1. The molecule has 5 heteroatoms. The molecule has 76 valence electrons. The van der Waals surface area contributed by atoms with E-state index in [1.54, 1.807) is 20.9 Å². The highest BCUT2D eigenvalue weighted by molar-refractivity contribution is 5.82. The lowest BCUT2D eigenvalue weighted by Crippen LogP contribution is -2.44. The molecule has 0 spiro atoms. The summed E-state index contributed by atoms with van der Waals surface area (Å²) in [5.41, 5.74) is 0. The van der Waals surface area contributed by atoms with E-state index in [0.717, 1.165) is 0 Å². The van der Waals surface area contributed by atoms with Gasteiger partial charge in [-0.15, -0.1) is 0 Å². The minimum absolute atomic E-state index is 0.0534. The Kier molecular flexibility index (Phi) is 5.06. The first-order valence-electron chi connectivity index (χ1n) is 4.16. The number of amides is 1. The van der Waals surface area contributed by atoms with Crippen molar-refractivity contribution in [3.05, 3.63) is 0 Å². The van der Waals surface area contributed by atoms with Gasteiger partial charge < -0.3 is 15.7 Å². The average molecular weight is 188 g/mol. The number of hydrogen-bond acceptors (Lipinski definition) is 3. The largest absolute Gasteiger partial charge is 0.481 e. The topological polar surface area (TPSA) is 78.4 Å². The standard InChI is InChI=1S/C8H16N2O3/c1-5(4-7(11)12)10-8(13)6(2)9-3/h5-6,9H,4H2,1-3H3,(H,10,13)(H,11,12). The van der Waals surface area contributed by atoms with Crippen molar-refractivity contribution in [3.63, 3.8) is 0 Å². The van der Waals surface area contributed by atoms with Crippen LogP contribution in [0, 0.1) is 0 Å². The lowest BCUT2D eigenvalue weighted by Gasteiger charge is -2.15. The zero-order valence-electron chi connectivity index (χ0n) is 8.13. The van der Waals surface area contributed by atoms with Crippen molar-refractivity contribution in [2.24, 2.45) is 0 Å². The summed E-state index contributed by atoms with van der Waals surface area (Å²) in [5.74, 6) is -1.10.